The molecule has 0 spiro atoms. The lowest BCUT2D eigenvalue weighted by Crippen LogP contribution is -2.53. The van der Waals surface area contributed by atoms with Gasteiger partial charge in [0.05, 0.1) is 0 Å². The van der Waals surface area contributed by atoms with Gasteiger partial charge in [-0.05, 0) is 58.8 Å². The molecule has 5 heteroatoms. The summed E-state index contributed by atoms with van der Waals surface area (Å²) in [6.07, 6.45) is 8.57. The zero-order valence-electron chi connectivity index (χ0n) is 14.9. The molecule has 1 saturated heterocycles. The van der Waals surface area contributed by atoms with E-state index in [2.05, 4.69) is 5.32 Å². The van der Waals surface area contributed by atoms with E-state index in [-0.39, 0.29) is 18.0 Å². The number of nitrogens with one attached hydrogen (secondary N) is 1. The van der Waals surface area contributed by atoms with Gasteiger partial charge in [-0.25, -0.2) is 4.79 Å². The molecule has 132 valence electrons. The zero-order chi connectivity index (χ0) is 16.9. The van der Waals surface area contributed by atoms with Crippen LogP contribution in [0, 0.1) is 5.92 Å². The predicted octanol–water partition coefficient (Wildman–Crippen LogP) is 3.47. The standard InChI is InChI=1S/C18H32N2O3/c1-18(2,3)23-17(22)20-12-8-7-11-15(20)16(21)19-13-14-9-5-4-6-10-14/h14-15H,4-13H2,1-3H3,(H,19,21). The molecule has 1 N–H and O–H groups in total. The highest BCUT2D eigenvalue weighted by Gasteiger charge is 2.34. The van der Waals surface area contributed by atoms with E-state index in [1.807, 2.05) is 20.8 Å². The maximum atomic E-state index is 12.6. The second-order valence-corrected chi connectivity index (χ2v) is 7.93. The first-order valence-electron chi connectivity index (χ1n) is 9.14. The topological polar surface area (TPSA) is 58.6 Å². The Balaban J connectivity index is 1.88. The van der Waals surface area contributed by atoms with E-state index < -0.39 is 5.60 Å². The summed E-state index contributed by atoms with van der Waals surface area (Å²) in [6, 6.07) is -0.373. The Kier molecular flexibility index (Phi) is 6.31. The van der Waals surface area contributed by atoms with Gasteiger partial charge in [-0.15, -0.1) is 0 Å². The number of amides is 2. The van der Waals surface area contributed by atoms with Crippen LogP contribution in [0.25, 0.3) is 0 Å². The first kappa shape index (κ1) is 18.1. The molecule has 1 saturated carbocycles. The molecule has 1 aliphatic heterocycles. The van der Waals surface area contributed by atoms with Crippen LogP contribution in [0.1, 0.15) is 72.1 Å². The van der Waals surface area contributed by atoms with Crippen molar-refractivity contribution in [3.8, 4) is 0 Å². The van der Waals surface area contributed by atoms with Crippen molar-refractivity contribution in [2.45, 2.75) is 83.8 Å². The van der Waals surface area contributed by atoms with Gasteiger partial charge in [0.1, 0.15) is 11.6 Å². The molecule has 1 atom stereocenters. The Bertz CT molecular complexity index is 411. The van der Waals surface area contributed by atoms with Gasteiger partial charge in [-0.1, -0.05) is 19.3 Å². The molecule has 2 amide bonds. The fourth-order valence-electron chi connectivity index (χ4n) is 3.50. The Hall–Kier alpha value is -1.26. The van der Waals surface area contributed by atoms with E-state index in [0.29, 0.717) is 12.5 Å². The molecule has 5 nitrogen and oxygen atoms in total. The molecule has 0 radical (unpaired) electrons. The van der Waals surface area contributed by atoms with Gasteiger partial charge in [-0.3, -0.25) is 9.69 Å². The summed E-state index contributed by atoms with van der Waals surface area (Å²) >= 11 is 0. The van der Waals surface area contributed by atoms with Crippen molar-refractivity contribution in [3.63, 3.8) is 0 Å². The number of hydrogen-bond donors (Lipinski definition) is 1. The van der Waals surface area contributed by atoms with Crippen molar-refractivity contribution in [2.24, 2.45) is 5.92 Å². The van der Waals surface area contributed by atoms with Gasteiger partial charge in [0, 0.05) is 13.1 Å². The molecule has 1 heterocycles. The average molecular weight is 324 g/mol. The molecule has 2 fully saturated rings. The second-order valence-electron chi connectivity index (χ2n) is 7.93. The van der Waals surface area contributed by atoms with Gasteiger partial charge < -0.3 is 10.1 Å². The van der Waals surface area contributed by atoms with Crippen LogP contribution in [-0.2, 0) is 9.53 Å². The quantitative estimate of drug-likeness (QED) is 0.865. The largest absolute Gasteiger partial charge is 0.444 e. The third-order valence-electron chi connectivity index (χ3n) is 4.72. The summed E-state index contributed by atoms with van der Waals surface area (Å²) in [7, 11) is 0. The summed E-state index contributed by atoms with van der Waals surface area (Å²) < 4.78 is 5.46. The van der Waals surface area contributed by atoms with Crippen LogP contribution in [0.4, 0.5) is 4.79 Å². The van der Waals surface area contributed by atoms with Crippen molar-refractivity contribution in [1.82, 2.24) is 10.2 Å². The smallest absolute Gasteiger partial charge is 0.410 e. The second kappa shape index (κ2) is 8.02. The van der Waals surface area contributed by atoms with Crippen LogP contribution >= 0.6 is 0 Å². The van der Waals surface area contributed by atoms with Crippen LogP contribution in [0.15, 0.2) is 0 Å². The van der Waals surface area contributed by atoms with Crippen molar-refractivity contribution >= 4 is 12.0 Å². The average Bonchev–Trinajstić information content (AvgIpc) is 2.52. The molecule has 23 heavy (non-hydrogen) atoms. The maximum Gasteiger partial charge on any atom is 0.410 e. The van der Waals surface area contributed by atoms with Crippen molar-refractivity contribution in [1.29, 1.82) is 0 Å². The monoisotopic (exact) mass is 324 g/mol. The van der Waals surface area contributed by atoms with Crippen molar-refractivity contribution < 1.29 is 14.3 Å². The van der Waals surface area contributed by atoms with Gasteiger partial charge in [-0.2, -0.15) is 0 Å². The van der Waals surface area contributed by atoms with Gasteiger partial charge >= 0.3 is 6.09 Å². The van der Waals surface area contributed by atoms with E-state index in [9.17, 15) is 9.59 Å². The Morgan fingerprint density at radius 3 is 2.35 bits per heavy atom. The molecule has 1 unspecified atom stereocenters. The summed E-state index contributed by atoms with van der Waals surface area (Å²) in [6.45, 7) is 6.92. The zero-order valence-corrected chi connectivity index (χ0v) is 14.9. The number of rotatable bonds is 3. The Labute approximate surface area is 140 Å². The Morgan fingerprint density at radius 2 is 1.70 bits per heavy atom. The van der Waals surface area contributed by atoms with Crippen LogP contribution < -0.4 is 5.32 Å². The first-order chi connectivity index (χ1) is 10.9. The number of nitrogens with zero attached hydrogens (tertiary/aromatic N) is 1. The fourth-order valence-corrected chi connectivity index (χ4v) is 3.50. The third-order valence-corrected chi connectivity index (χ3v) is 4.72. The van der Waals surface area contributed by atoms with Crippen LogP contribution in [0.3, 0.4) is 0 Å². The van der Waals surface area contributed by atoms with Crippen molar-refractivity contribution in [2.75, 3.05) is 13.1 Å². The minimum atomic E-state index is -0.530. The maximum absolute atomic E-state index is 12.6. The number of piperidine rings is 1. The van der Waals surface area contributed by atoms with E-state index in [4.69, 9.17) is 4.74 Å². The number of carbonyl (C=O) groups excluding carboxylic acids is 2. The van der Waals surface area contributed by atoms with E-state index in [0.717, 1.165) is 25.8 Å². The fraction of sp³-hybridized carbons (Fsp3) is 0.889. The summed E-state index contributed by atoms with van der Waals surface area (Å²) in [4.78, 5) is 26.5. The lowest BCUT2D eigenvalue weighted by molar-refractivity contribution is -0.127. The number of hydrogen-bond acceptors (Lipinski definition) is 3. The molecule has 0 aromatic carbocycles. The highest BCUT2D eigenvalue weighted by atomic mass is 16.6. The molecular formula is C18H32N2O3. The summed E-state index contributed by atoms with van der Waals surface area (Å²) in [5.74, 6) is 0.590. The van der Waals surface area contributed by atoms with Gasteiger partial charge in [0.15, 0.2) is 0 Å². The van der Waals surface area contributed by atoms with Crippen molar-refractivity contribution in [3.05, 3.63) is 0 Å². The molecule has 2 aliphatic rings. The molecule has 0 aromatic heterocycles. The minimum Gasteiger partial charge on any atom is -0.444 e. The highest BCUT2D eigenvalue weighted by Crippen LogP contribution is 2.24. The molecule has 2 rings (SSSR count). The minimum absolute atomic E-state index is 0.0128. The molecule has 1 aliphatic carbocycles. The van der Waals surface area contributed by atoms with Crippen LogP contribution in [0.5, 0.6) is 0 Å². The van der Waals surface area contributed by atoms with E-state index in [1.54, 1.807) is 4.90 Å². The van der Waals surface area contributed by atoms with Gasteiger partial charge in [0.2, 0.25) is 5.91 Å². The SMILES string of the molecule is CC(C)(C)OC(=O)N1CCCCC1C(=O)NCC1CCCCC1. The lowest BCUT2D eigenvalue weighted by Gasteiger charge is -2.36. The lowest BCUT2D eigenvalue weighted by atomic mass is 9.89. The molecule has 0 bridgehead atoms. The summed E-state index contributed by atoms with van der Waals surface area (Å²) in [5.41, 5.74) is -0.530. The molecular weight excluding hydrogens is 292 g/mol. The van der Waals surface area contributed by atoms with E-state index in [1.165, 1.54) is 32.1 Å². The number of ether oxygens (including phenoxy) is 1. The summed E-state index contributed by atoms with van der Waals surface area (Å²) in [5, 5.41) is 3.08. The van der Waals surface area contributed by atoms with Gasteiger partial charge in [0.25, 0.3) is 0 Å². The first-order valence-corrected chi connectivity index (χ1v) is 9.14. The highest BCUT2D eigenvalue weighted by molar-refractivity contribution is 5.85. The number of carbonyl (C=O) groups is 2. The van der Waals surface area contributed by atoms with Crippen LogP contribution in [0.2, 0.25) is 0 Å². The molecule has 0 aromatic rings. The normalized spacial score (nSPS) is 23.4. The third kappa shape index (κ3) is 5.70. The van der Waals surface area contributed by atoms with E-state index >= 15 is 0 Å². The Morgan fingerprint density at radius 1 is 1.04 bits per heavy atom. The van der Waals surface area contributed by atoms with Crippen LogP contribution in [-0.4, -0.2) is 41.6 Å². The predicted molar refractivity (Wildman–Crippen MR) is 90.2 cm³/mol. The number of likely N-dealkylation sites (tertiary alicyclic amines) is 1.